The van der Waals surface area contributed by atoms with Gasteiger partial charge in [-0.2, -0.15) is 5.10 Å². The Bertz CT molecular complexity index is 853. The van der Waals surface area contributed by atoms with Gasteiger partial charge < -0.3 is 5.32 Å². The van der Waals surface area contributed by atoms with Crippen LogP contribution < -0.4 is 5.32 Å². The van der Waals surface area contributed by atoms with Crippen LogP contribution >= 0.6 is 0 Å². The second-order valence-electron chi connectivity index (χ2n) is 7.48. The zero-order chi connectivity index (χ0) is 19.5. The molecule has 2 atom stereocenters. The topological polar surface area (TPSA) is 84.3 Å². The number of carbonyl (C=O) groups is 3. The highest BCUT2D eigenvalue weighted by Crippen LogP contribution is 2.37. The number of carbonyl (C=O) groups excluding carboxylic acids is 3. The van der Waals surface area contributed by atoms with E-state index in [-0.39, 0.29) is 42.5 Å². The standard InChI is InChI=1S/C21H24N4O3/c26-19(11-13-24-20(27)16-8-4-5-9-17(16)21(24)28)23-18-10-12-22-25(18)14-15-6-2-1-3-7-15/h1-3,6-7,10,12,16-17H,4-5,8-9,11,13-14H2,(H,23,26)/t16-,17+. The van der Waals surface area contributed by atoms with E-state index in [1.807, 2.05) is 30.3 Å². The van der Waals surface area contributed by atoms with Gasteiger partial charge in [0.25, 0.3) is 0 Å². The summed E-state index contributed by atoms with van der Waals surface area (Å²) >= 11 is 0. The lowest BCUT2D eigenvalue weighted by Gasteiger charge is -2.19. The number of rotatable bonds is 6. The van der Waals surface area contributed by atoms with Crippen molar-refractivity contribution in [3.05, 3.63) is 48.2 Å². The van der Waals surface area contributed by atoms with Crippen LogP contribution in [0.2, 0.25) is 0 Å². The van der Waals surface area contributed by atoms with Crippen molar-refractivity contribution in [3.63, 3.8) is 0 Å². The lowest BCUT2D eigenvalue weighted by atomic mass is 9.81. The minimum absolute atomic E-state index is 0.0907. The number of imide groups is 1. The van der Waals surface area contributed by atoms with Crippen LogP contribution in [0.25, 0.3) is 0 Å². The van der Waals surface area contributed by atoms with Crippen LogP contribution in [0, 0.1) is 11.8 Å². The maximum Gasteiger partial charge on any atom is 0.233 e. The van der Waals surface area contributed by atoms with Crippen LogP contribution in [0.4, 0.5) is 5.82 Å². The van der Waals surface area contributed by atoms with E-state index in [4.69, 9.17) is 0 Å². The number of nitrogens with one attached hydrogen (secondary N) is 1. The molecule has 7 heteroatoms. The normalized spacial score (nSPS) is 21.6. The van der Waals surface area contributed by atoms with Crippen LogP contribution in [-0.4, -0.2) is 38.9 Å². The average Bonchev–Trinajstić information content (AvgIpc) is 3.24. The molecule has 2 aromatic rings. The fourth-order valence-electron chi connectivity index (χ4n) is 4.19. The molecule has 146 valence electrons. The molecule has 0 bridgehead atoms. The van der Waals surface area contributed by atoms with Crippen molar-refractivity contribution >= 4 is 23.5 Å². The Hall–Kier alpha value is -2.96. The van der Waals surface area contributed by atoms with E-state index in [0.717, 1.165) is 31.2 Å². The number of hydrogen-bond donors (Lipinski definition) is 1. The van der Waals surface area contributed by atoms with Gasteiger partial charge in [-0.05, 0) is 18.4 Å². The molecule has 1 aromatic heterocycles. The quantitative estimate of drug-likeness (QED) is 0.780. The van der Waals surface area contributed by atoms with Gasteiger partial charge in [-0.1, -0.05) is 43.2 Å². The molecule has 0 unspecified atom stereocenters. The van der Waals surface area contributed by atoms with Crippen molar-refractivity contribution in [1.29, 1.82) is 0 Å². The third-order valence-corrected chi connectivity index (χ3v) is 5.65. The van der Waals surface area contributed by atoms with Crippen LogP contribution in [0.3, 0.4) is 0 Å². The molecule has 4 rings (SSSR count). The number of anilines is 1. The Balaban J connectivity index is 1.34. The van der Waals surface area contributed by atoms with E-state index in [1.54, 1.807) is 16.9 Å². The van der Waals surface area contributed by atoms with E-state index in [1.165, 1.54) is 4.90 Å². The van der Waals surface area contributed by atoms with Crippen molar-refractivity contribution in [2.75, 3.05) is 11.9 Å². The number of likely N-dealkylation sites (tertiary alicyclic amines) is 1. The van der Waals surface area contributed by atoms with Crippen molar-refractivity contribution in [1.82, 2.24) is 14.7 Å². The van der Waals surface area contributed by atoms with E-state index >= 15 is 0 Å². The fraction of sp³-hybridized carbons (Fsp3) is 0.429. The minimum Gasteiger partial charge on any atom is -0.311 e. The Kier molecular flexibility index (Phi) is 5.23. The highest BCUT2D eigenvalue weighted by molar-refractivity contribution is 6.05. The van der Waals surface area contributed by atoms with Gasteiger partial charge in [0, 0.05) is 19.0 Å². The van der Waals surface area contributed by atoms with Crippen molar-refractivity contribution in [3.8, 4) is 0 Å². The summed E-state index contributed by atoms with van der Waals surface area (Å²) in [4.78, 5) is 38.7. The summed E-state index contributed by atoms with van der Waals surface area (Å²) in [6.45, 7) is 0.694. The molecule has 1 aromatic carbocycles. The summed E-state index contributed by atoms with van der Waals surface area (Å²) in [6.07, 6.45) is 5.30. The number of nitrogens with zero attached hydrogens (tertiary/aromatic N) is 3. The molecule has 1 saturated carbocycles. The molecule has 7 nitrogen and oxygen atoms in total. The fourth-order valence-corrected chi connectivity index (χ4v) is 4.19. The number of fused-ring (bicyclic) bond motifs is 1. The molecule has 1 N–H and O–H groups in total. The molecule has 1 saturated heterocycles. The minimum atomic E-state index is -0.231. The Labute approximate surface area is 163 Å². The van der Waals surface area contributed by atoms with Gasteiger partial charge in [-0.15, -0.1) is 0 Å². The molecule has 28 heavy (non-hydrogen) atoms. The van der Waals surface area contributed by atoms with Crippen molar-refractivity contribution in [2.24, 2.45) is 11.8 Å². The molecule has 3 amide bonds. The van der Waals surface area contributed by atoms with E-state index < -0.39 is 0 Å². The van der Waals surface area contributed by atoms with Crippen LogP contribution in [0.15, 0.2) is 42.6 Å². The van der Waals surface area contributed by atoms with E-state index in [2.05, 4.69) is 10.4 Å². The highest BCUT2D eigenvalue weighted by Gasteiger charge is 2.47. The molecular weight excluding hydrogens is 356 g/mol. The lowest BCUT2D eigenvalue weighted by molar-refractivity contribution is -0.140. The molecule has 2 aliphatic rings. The van der Waals surface area contributed by atoms with E-state index in [0.29, 0.717) is 12.4 Å². The molecule has 2 heterocycles. The maximum atomic E-state index is 12.5. The second-order valence-corrected chi connectivity index (χ2v) is 7.48. The van der Waals surface area contributed by atoms with Gasteiger partial charge in [0.2, 0.25) is 17.7 Å². The molecular formula is C21H24N4O3. The Morgan fingerprint density at radius 3 is 2.39 bits per heavy atom. The monoisotopic (exact) mass is 380 g/mol. The van der Waals surface area contributed by atoms with Gasteiger partial charge in [0.15, 0.2) is 0 Å². The zero-order valence-electron chi connectivity index (χ0n) is 15.7. The number of amides is 3. The first kappa shape index (κ1) is 18.4. The van der Waals surface area contributed by atoms with Gasteiger partial charge >= 0.3 is 0 Å². The third kappa shape index (κ3) is 3.69. The average molecular weight is 380 g/mol. The van der Waals surface area contributed by atoms with Crippen molar-refractivity contribution in [2.45, 2.75) is 38.6 Å². The number of benzene rings is 1. The summed E-state index contributed by atoms with van der Waals surface area (Å²) < 4.78 is 1.72. The van der Waals surface area contributed by atoms with Gasteiger partial charge in [0.1, 0.15) is 5.82 Å². The largest absolute Gasteiger partial charge is 0.311 e. The van der Waals surface area contributed by atoms with E-state index in [9.17, 15) is 14.4 Å². The molecule has 1 aliphatic heterocycles. The maximum absolute atomic E-state index is 12.5. The molecule has 0 radical (unpaired) electrons. The van der Waals surface area contributed by atoms with Gasteiger partial charge in [-0.25, -0.2) is 4.68 Å². The Morgan fingerprint density at radius 2 is 1.71 bits per heavy atom. The number of aromatic nitrogens is 2. The predicted molar refractivity (Wildman–Crippen MR) is 103 cm³/mol. The summed E-state index contributed by atoms with van der Waals surface area (Å²) in [6, 6.07) is 11.6. The van der Waals surface area contributed by atoms with Crippen LogP contribution in [0.1, 0.15) is 37.7 Å². The van der Waals surface area contributed by atoms with Crippen LogP contribution in [0.5, 0.6) is 0 Å². The first-order valence-corrected chi connectivity index (χ1v) is 9.84. The second kappa shape index (κ2) is 7.96. The van der Waals surface area contributed by atoms with Gasteiger partial charge in [0.05, 0.1) is 24.6 Å². The van der Waals surface area contributed by atoms with Crippen LogP contribution in [-0.2, 0) is 20.9 Å². The summed E-state index contributed by atoms with van der Waals surface area (Å²) in [5.74, 6) is -0.173. The first-order chi connectivity index (χ1) is 13.6. The first-order valence-electron chi connectivity index (χ1n) is 9.84. The summed E-state index contributed by atoms with van der Waals surface area (Å²) in [5.41, 5.74) is 1.08. The number of hydrogen-bond acceptors (Lipinski definition) is 4. The smallest absolute Gasteiger partial charge is 0.233 e. The highest BCUT2D eigenvalue weighted by atomic mass is 16.2. The summed E-state index contributed by atoms with van der Waals surface area (Å²) in [7, 11) is 0. The zero-order valence-corrected chi connectivity index (χ0v) is 15.7. The van der Waals surface area contributed by atoms with Gasteiger partial charge in [-0.3, -0.25) is 19.3 Å². The lowest BCUT2D eigenvalue weighted by Crippen LogP contribution is -2.34. The van der Waals surface area contributed by atoms with Crippen molar-refractivity contribution < 1.29 is 14.4 Å². The molecule has 0 spiro atoms. The third-order valence-electron chi connectivity index (χ3n) is 5.65. The summed E-state index contributed by atoms with van der Waals surface area (Å²) in [5, 5.41) is 7.10. The molecule has 1 aliphatic carbocycles. The SMILES string of the molecule is O=C(CCN1C(=O)[C@H]2CCCC[C@H]2C1=O)Nc1ccnn1Cc1ccccc1. The predicted octanol–water partition coefficient (Wildman–Crippen LogP) is 2.44. The Morgan fingerprint density at radius 1 is 1.04 bits per heavy atom. The molecule has 2 fully saturated rings.